The lowest BCUT2D eigenvalue weighted by Gasteiger charge is -2.26. The number of nitrogens with one attached hydrogen (secondary N) is 1. The van der Waals surface area contributed by atoms with Crippen LogP contribution in [-0.2, 0) is 4.74 Å². The number of benzene rings is 2. The van der Waals surface area contributed by atoms with E-state index in [9.17, 15) is 9.59 Å². The fourth-order valence-corrected chi connectivity index (χ4v) is 3.05. The highest BCUT2D eigenvalue weighted by atomic mass is 35.5. The van der Waals surface area contributed by atoms with Gasteiger partial charge in [0.2, 0.25) is 0 Å². The second-order valence-electron chi connectivity index (χ2n) is 6.49. The van der Waals surface area contributed by atoms with Crippen LogP contribution < -0.4 is 10.5 Å². The monoisotopic (exact) mass is 400 g/mol. The molecule has 8 heteroatoms. The molecule has 1 aliphatic heterocycles. The van der Waals surface area contributed by atoms with Crippen molar-refractivity contribution in [3.05, 3.63) is 76.6 Å². The molecule has 2 aromatic carbocycles. The molecule has 3 rings (SSSR count). The van der Waals surface area contributed by atoms with Gasteiger partial charge in [0.15, 0.2) is 5.78 Å². The Morgan fingerprint density at radius 1 is 1.14 bits per heavy atom. The molecule has 1 amide bonds. The van der Waals surface area contributed by atoms with Gasteiger partial charge in [-0.25, -0.2) is 4.79 Å². The molecule has 0 atom stereocenters. The summed E-state index contributed by atoms with van der Waals surface area (Å²) < 4.78 is 4.79. The Kier molecular flexibility index (Phi) is 5.99. The van der Waals surface area contributed by atoms with Gasteiger partial charge in [-0.1, -0.05) is 41.9 Å². The fraction of sp³-hybridized carbons (Fsp3) is 0.200. The number of ether oxygens (including phenoxy) is 1. The third-order valence-corrected chi connectivity index (χ3v) is 4.34. The minimum absolute atomic E-state index is 0.166. The molecular weight excluding hydrogens is 380 g/mol. The number of likely N-dealkylation sites (N-methyl/N-ethyl adjacent to an activating group) is 1. The Bertz CT molecular complexity index is 915. The summed E-state index contributed by atoms with van der Waals surface area (Å²) >= 11 is 6.18. The maximum Gasteiger partial charge on any atom is 0.429 e. The zero-order chi connectivity index (χ0) is 20.3. The number of hydrazine groups is 2. The molecule has 1 N–H and O–H groups in total. The van der Waals surface area contributed by atoms with Crippen molar-refractivity contribution in [2.45, 2.75) is 0 Å². The Labute approximate surface area is 168 Å². The summed E-state index contributed by atoms with van der Waals surface area (Å²) in [7, 11) is 5.13. The van der Waals surface area contributed by atoms with Crippen LogP contribution in [0.3, 0.4) is 0 Å². The fourth-order valence-electron chi connectivity index (χ4n) is 2.87. The summed E-state index contributed by atoms with van der Waals surface area (Å²) in [6, 6.07) is 14.0. The molecule has 28 heavy (non-hydrogen) atoms. The molecule has 0 unspecified atom stereocenters. The number of anilines is 1. The molecule has 0 aliphatic carbocycles. The number of methoxy groups -OCH3 is 1. The summed E-state index contributed by atoms with van der Waals surface area (Å²) in [5, 5.41) is 3.36. The number of ketones is 1. The molecule has 0 saturated carbocycles. The Balaban J connectivity index is 2.04. The number of rotatable bonds is 5. The van der Waals surface area contributed by atoms with Crippen LogP contribution in [0.5, 0.6) is 0 Å². The first-order valence-corrected chi connectivity index (χ1v) is 8.97. The van der Waals surface area contributed by atoms with E-state index in [0.29, 0.717) is 28.4 Å². The highest BCUT2D eigenvalue weighted by molar-refractivity contribution is 6.31. The van der Waals surface area contributed by atoms with E-state index in [1.807, 2.05) is 37.2 Å². The molecule has 1 heterocycles. The van der Waals surface area contributed by atoms with Crippen LogP contribution in [0.2, 0.25) is 5.02 Å². The molecule has 0 radical (unpaired) electrons. The van der Waals surface area contributed by atoms with Gasteiger partial charge in [0, 0.05) is 22.7 Å². The van der Waals surface area contributed by atoms with Crippen LogP contribution in [0.1, 0.15) is 15.9 Å². The largest absolute Gasteiger partial charge is 0.452 e. The summed E-state index contributed by atoms with van der Waals surface area (Å²) in [6.07, 6.45) is 1.07. The van der Waals surface area contributed by atoms with Crippen LogP contribution in [0.4, 0.5) is 10.5 Å². The third-order valence-electron chi connectivity index (χ3n) is 4.10. The molecular formula is C20H21ClN4O3. The average molecular weight is 401 g/mol. The van der Waals surface area contributed by atoms with Crippen molar-refractivity contribution in [1.29, 1.82) is 0 Å². The van der Waals surface area contributed by atoms with Crippen molar-refractivity contribution < 1.29 is 14.3 Å². The van der Waals surface area contributed by atoms with Crippen molar-refractivity contribution in [1.82, 2.24) is 15.4 Å². The smallest absolute Gasteiger partial charge is 0.429 e. The van der Waals surface area contributed by atoms with Crippen LogP contribution >= 0.6 is 11.6 Å². The van der Waals surface area contributed by atoms with Crippen molar-refractivity contribution in [3.8, 4) is 0 Å². The second kappa shape index (κ2) is 8.43. The standard InChI is InChI=1S/C20H21ClN4O3/c1-23(2)12-16-13-24(20(27)28-3)22-25(16)18-10-9-15(21)11-17(18)19(26)14-7-5-4-6-8-14/h4-11,13,22H,12H2,1-3H3. The first-order chi connectivity index (χ1) is 13.4. The maximum absolute atomic E-state index is 13.1. The van der Waals surface area contributed by atoms with Gasteiger partial charge >= 0.3 is 6.09 Å². The zero-order valence-electron chi connectivity index (χ0n) is 15.8. The second-order valence-corrected chi connectivity index (χ2v) is 6.93. The average Bonchev–Trinajstić information content (AvgIpc) is 3.10. The minimum atomic E-state index is -0.566. The first-order valence-electron chi connectivity index (χ1n) is 8.59. The number of carbonyl (C=O) groups is 2. The number of hydrogen-bond donors (Lipinski definition) is 1. The molecule has 1 aliphatic rings. The van der Waals surface area contributed by atoms with E-state index >= 15 is 0 Å². The molecule has 0 saturated heterocycles. The lowest BCUT2D eigenvalue weighted by molar-refractivity contribution is 0.103. The predicted molar refractivity (Wildman–Crippen MR) is 108 cm³/mol. The van der Waals surface area contributed by atoms with E-state index < -0.39 is 6.09 Å². The predicted octanol–water partition coefficient (Wildman–Crippen LogP) is 3.28. The van der Waals surface area contributed by atoms with Gasteiger partial charge in [-0.15, -0.1) is 5.53 Å². The SMILES string of the molecule is COC(=O)N1C=C(CN(C)C)N(c2ccc(Cl)cc2C(=O)c2ccccc2)N1. The van der Waals surface area contributed by atoms with Crippen molar-refractivity contribution in [2.75, 3.05) is 32.8 Å². The van der Waals surface area contributed by atoms with E-state index in [2.05, 4.69) is 5.53 Å². The molecule has 2 aromatic rings. The summed E-state index contributed by atoms with van der Waals surface area (Å²) in [5.41, 5.74) is 5.27. The van der Waals surface area contributed by atoms with Crippen molar-refractivity contribution in [2.24, 2.45) is 0 Å². The zero-order valence-corrected chi connectivity index (χ0v) is 16.6. The molecule has 7 nitrogen and oxygen atoms in total. The van der Waals surface area contributed by atoms with Crippen LogP contribution in [-0.4, -0.2) is 49.5 Å². The number of hydrogen-bond acceptors (Lipinski definition) is 6. The molecule has 0 fully saturated rings. The summed E-state index contributed by atoms with van der Waals surface area (Å²) in [6.45, 7) is 0.530. The summed E-state index contributed by atoms with van der Waals surface area (Å²) in [4.78, 5) is 27.1. The quantitative estimate of drug-likeness (QED) is 0.777. The van der Waals surface area contributed by atoms with Crippen molar-refractivity contribution >= 4 is 29.2 Å². The van der Waals surface area contributed by atoms with E-state index in [1.54, 1.807) is 41.5 Å². The highest BCUT2D eigenvalue weighted by Crippen LogP contribution is 2.30. The van der Waals surface area contributed by atoms with Gasteiger partial charge in [-0.2, -0.15) is 5.01 Å². The van der Waals surface area contributed by atoms with E-state index in [1.165, 1.54) is 12.1 Å². The van der Waals surface area contributed by atoms with Crippen LogP contribution in [0.15, 0.2) is 60.4 Å². The number of halogens is 1. The number of amides is 1. The molecule has 0 bridgehead atoms. The summed E-state index contributed by atoms with van der Waals surface area (Å²) in [5.74, 6) is -0.166. The van der Waals surface area contributed by atoms with Crippen LogP contribution in [0.25, 0.3) is 0 Å². The van der Waals surface area contributed by atoms with Gasteiger partial charge in [-0.05, 0) is 32.3 Å². The first kappa shape index (κ1) is 19.9. The Morgan fingerprint density at radius 3 is 2.50 bits per heavy atom. The lowest BCUT2D eigenvalue weighted by atomic mass is 10.0. The Hall–Kier alpha value is -2.87. The number of nitrogens with zero attached hydrogens (tertiary/aromatic N) is 3. The molecule has 146 valence electrons. The molecule has 0 aromatic heterocycles. The van der Waals surface area contributed by atoms with Gasteiger partial charge in [0.1, 0.15) is 0 Å². The highest BCUT2D eigenvalue weighted by Gasteiger charge is 2.30. The molecule has 0 spiro atoms. The maximum atomic E-state index is 13.1. The Morgan fingerprint density at radius 2 is 1.86 bits per heavy atom. The van der Waals surface area contributed by atoms with Crippen LogP contribution in [0, 0.1) is 0 Å². The van der Waals surface area contributed by atoms with Gasteiger partial charge < -0.3 is 9.64 Å². The minimum Gasteiger partial charge on any atom is -0.452 e. The van der Waals surface area contributed by atoms with Gasteiger partial charge in [0.05, 0.1) is 24.7 Å². The van der Waals surface area contributed by atoms with Gasteiger partial charge in [0.25, 0.3) is 0 Å². The number of carbonyl (C=O) groups excluding carboxylic acids is 2. The van der Waals surface area contributed by atoms with Gasteiger partial charge in [-0.3, -0.25) is 9.80 Å². The third kappa shape index (κ3) is 4.17. The topological polar surface area (TPSA) is 65.1 Å². The van der Waals surface area contributed by atoms with E-state index in [-0.39, 0.29) is 5.78 Å². The van der Waals surface area contributed by atoms with E-state index in [0.717, 1.165) is 5.70 Å². The lowest BCUT2D eigenvalue weighted by Crippen LogP contribution is -2.45. The van der Waals surface area contributed by atoms with E-state index in [4.69, 9.17) is 16.3 Å². The van der Waals surface area contributed by atoms with Crippen molar-refractivity contribution in [3.63, 3.8) is 0 Å². The normalized spacial score (nSPS) is 13.7.